The summed E-state index contributed by atoms with van der Waals surface area (Å²) in [6.45, 7) is 8.87. The summed E-state index contributed by atoms with van der Waals surface area (Å²) in [6, 6.07) is 6.07. The van der Waals surface area contributed by atoms with Crippen molar-refractivity contribution in [3.05, 3.63) is 40.0 Å². The van der Waals surface area contributed by atoms with Crippen LogP contribution in [0.4, 0.5) is 5.82 Å². The molecule has 0 aromatic carbocycles. The van der Waals surface area contributed by atoms with Gasteiger partial charge in [-0.05, 0) is 26.0 Å². The van der Waals surface area contributed by atoms with Crippen LogP contribution in [0.15, 0.2) is 29.4 Å². The fraction of sp³-hybridized carbons (Fsp3) is 0.500. The Hall–Kier alpha value is -1.42. The van der Waals surface area contributed by atoms with E-state index >= 15 is 0 Å². The number of nitrogens with zero attached hydrogens (tertiary/aromatic N) is 5. The van der Waals surface area contributed by atoms with Gasteiger partial charge in [-0.2, -0.15) is 0 Å². The zero-order valence-corrected chi connectivity index (χ0v) is 18.8. The SMILES string of the molecule is CN=C(NCCc1sc(C)nc1C)N1CCN(c2ccccn2)CC1.I. The number of aryl methyl sites for hydroxylation is 2. The highest BCUT2D eigenvalue weighted by molar-refractivity contribution is 14.0. The highest BCUT2D eigenvalue weighted by Crippen LogP contribution is 2.17. The number of aliphatic imine (C=N–C) groups is 1. The number of piperazine rings is 1. The quantitative estimate of drug-likeness (QED) is 0.409. The average Bonchev–Trinajstić information content (AvgIpc) is 2.97. The molecule has 1 aliphatic rings. The molecule has 1 N–H and O–H groups in total. The van der Waals surface area contributed by atoms with E-state index in [9.17, 15) is 0 Å². The summed E-state index contributed by atoms with van der Waals surface area (Å²) in [5.41, 5.74) is 1.16. The number of nitrogens with one attached hydrogen (secondary N) is 1. The molecular formula is C18H27IN6S. The summed E-state index contributed by atoms with van der Waals surface area (Å²) >= 11 is 1.79. The smallest absolute Gasteiger partial charge is 0.193 e. The van der Waals surface area contributed by atoms with E-state index in [-0.39, 0.29) is 24.0 Å². The standard InChI is InChI=1S/C18H26N6S.HI/c1-14-16(25-15(2)22-14)7-9-21-18(19-3)24-12-10-23(11-13-24)17-6-4-5-8-20-17;/h4-6,8H,7,9-13H2,1-3H3,(H,19,21);1H. The first-order valence-electron chi connectivity index (χ1n) is 8.72. The molecular weight excluding hydrogens is 459 g/mol. The van der Waals surface area contributed by atoms with E-state index in [1.165, 1.54) is 4.88 Å². The van der Waals surface area contributed by atoms with Gasteiger partial charge < -0.3 is 15.1 Å². The minimum absolute atomic E-state index is 0. The van der Waals surface area contributed by atoms with Crippen LogP contribution in [0.5, 0.6) is 0 Å². The van der Waals surface area contributed by atoms with Gasteiger partial charge in [-0.1, -0.05) is 6.07 Å². The second-order valence-electron chi connectivity index (χ2n) is 6.13. The van der Waals surface area contributed by atoms with Gasteiger partial charge in [0, 0.05) is 57.3 Å². The molecule has 0 atom stereocenters. The zero-order valence-electron chi connectivity index (χ0n) is 15.6. The van der Waals surface area contributed by atoms with Crippen LogP contribution in [0.2, 0.25) is 0 Å². The second kappa shape index (κ2) is 10.1. The van der Waals surface area contributed by atoms with Gasteiger partial charge >= 0.3 is 0 Å². The highest BCUT2D eigenvalue weighted by Gasteiger charge is 2.20. The number of thiazole rings is 1. The van der Waals surface area contributed by atoms with Crippen molar-refractivity contribution in [2.24, 2.45) is 4.99 Å². The predicted molar refractivity (Wildman–Crippen MR) is 120 cm³/mol. The molecule has 0 unspecified atom stereocenters. The lowest BCUT2D eigenvalue weighted by Gasteiger charge is -2.37. The molecule has 0 amide bonds. The van der Waals surface area contributed by atoms with E-state index in [0.717, 1.165) is 61.6 Å². The van der Waals surface area contributed by atoms with Crippen LogP contribution in [0, 0.1) is 13.8 Å². The van der Waals surface area contributed by atoms with Crippen LogP contribution in [-0.2, 0) is 6.42 Å². The number of aromatic nitrogens is 2. The van der Waals surface area contributed by atoms with Crippen molar-refractivity contribution < 1.29 is 0 Å². The Bertz CT molecular complexity index is 710. The van der Waals surface area contributed by atoms with E-state index in [4.69, 9.17) is 0 Å². The molecule has 1 fully saturated rings. The fourth-order valence-corrected chi connectivity index (χ4v) is 4.05. The van der Waals surface area contributed by atoms with E-state index in [1.54, 1.807) is 11.3 Å². The molecule has 3 heterocycles. The van der Waals surface area contributed by atoms with E-state index in [2.05, 4.69) is 50.0 Å². The topological polar surface area (TPSA) is 56.7 Å². The molecule has 2 aromatic rings. The van der Waals surface area contributed by atoms with Crippen LogP contribution in [0.3, 0.4) is 0 Å². The molecule has 142 valence electrons. The first-order chi connectivity index (χ1) is 12.2. The van der Waals surface area contributed by atoms with Gasteiger partial charge in [-0.25, -0.2) is 9.97 Å². The van der Waals surface area contributed by atoms with Crippen LogP contribution >= 0.6 is 35.3 Å². The highest BCUT2D eigenvalue weighted by atomic mass is 127. The van der Waals surface area contributed by atoms with E-state index in [1.807, 2.05) is 25.4 Å². The van der Waals surface area contributed by atoms with Crippen LogP contribution in [0.1, 0.15) is 15.6 Å². The number of anilines is 1. The number of rotatable bonds is 4. The lowest BCUT2D eigenvalue weighted by atomic mass is 10.3. The molecule has 26 heavy (non-hydrogen) atoms. The number of halogens is 1. The maximum absolute atomic E-state index is 4.49. The summed E-state index contributed by atoms with van der Waals surface area (Å²) in [7, 11) is 1.86. The summed E-state index contributed by atoms with van der Waals surface area (Å²) < 4.78 is 0. The van der Waals surface area contributed by atoms with Crippen molar-refractivity contribution in [2.75, 3.05) is 44.7 Å². The maximum Gasteiger partial charge on any atom is 0.193 e. The molecule has 8 heteroatoms. The van der Waals surface area contributed by atoms with Gasteiger partial charge in [0.05, 0.1) is 10.7 Å². The molecule has 2 aromatic heterocycles. The summed E-state index contributed by atoms with van der Waals surface area (Å²) in [5, 5.41) is 4.64. The Kier molecular flexibility index (Phi) is 8.08. The second-order valence-corrected chi connectivity index (χ2v) is 7.42. The molecule has 0 bridgehead atoms. The summed E-state index contributed by atoms with van der Waals surface area (Å²) in [5.74, 6) is 2.04. The van der Waals surface area contributed by atoms with Gasteiger partial charge in [0.2, 0.25) is 0 Å². The summed E-state index contributed by atoms with van der Waals surface area (Å²) in [6.07, 6.45) is 2.84. The third kappa shape index (κ3) is 5.29. The molecule has 0 spiro atoms. The molecule has 0 radical (unpaired) electrons. The largest absolute Gasteiger partial charge is 0.356 e. The summed E-state index contributed by atoms with van der Waals surface area (Å²) in [4.78, 5) is 19.4. The molecule has 6 nitrogen and oxygen atoms in total. The minimum atomic E-state index is 0. The first-order valence-corrected chi connectivity index (χ1v) is 9.53. The molecule has 1 saturated heterocycles. The van der Waals surface area contributed by atoms with E-state index in [0.29, 0.717) is 0 Å². The van der Waals surface area contributed by atoms with Crippen molar-refractivity contribution >= 4 is 47.1 Å². The van der Waals surface area contributed by atoms with Crippen molar-refractivity contribution in [3.8, 4) is 0 Å². The Balaban J connectivity index is 0.00000243. The zero-order chi connectivity index (χ0) is 17.6. The van der Waals surface area contributed by atoms with Crippen LogP contribution in [0.25, 0.3) is 0 Å². The number of hydrogen-bond donors (Lipinski definition) is 1. The van der Waals surface area contributed by atoms with Gasteiger partial charge in [-0.15, -0.1) is 35.3 Å². The molecule has 3 rings (SSSR count). The Morgan fingerprint density at radius 3 is 2.58 bits per heavy atom. The Morgan fingerprint density at radius 1 is 1.23 bits per heavy atom. The lowest BCUT2D eigenvalue weighted by Crippen LogP contribution is -2.53. The van der Waals surface area contributed by atoms with Crippen molar-refractivity contribution in [2.45, 2.75) is 20.3 Å². The molecule has 0 aliphatic carbocycles. The monoisotopic (exact) mass is 486 g/mol. The molecule has 0 saturated carbocycles. The predicted octanol–water partition coefficient (Wildman–Crippen LogP) is 2.71. The Labute approximate surface area is 176 Å². The maximum atomic E-state index is 4.49. The van der Waals surface area contributed by atoms with Crippen LogP contribution < -0.4 is 10.2 Å². The van der Waals surface area contributed by atoms with Gasteiger partial charge in [0.1, 0.15) is 5.82 Å². The fourth-order valence-electron chi connectivity index (χ4n) is 3.11. The normalized spacial score (nSPS) is 15.0. The molecule has 1 aliphatic heterocycles. The van der Waals surface area contributed by atoms with Gasteiger partial charge in [0.25, 0.3) is 0 Å². The third-order valence-corrected chi connectivity index (χ3v) is 5.53. The number of pyridine rings is 1. The average molecular weight is 486 g/mol. The lowest BCUT2D eigenvalue weighted by molar-refractivity contribution is 0.372. The third-order valence-electron chi connectivity index (χ3n) is 4.40. The number of hydrogen-bond acceptors (Lipinski definition) is 5. The van der Waals surface area contributed by atoms with E-state index < -0.39 is 0 Å². The van der Waals surface area contributed by atoms with Crippen molar-refractivity contribution in [1.82, 2.24) is 20.2 Å². The van der Waals surface area contributed by atoms with Crippen molar-refractivity contribution in [3.63, 3.8) is 0 Å². The minimum Gasteiger partial charge on any atom is -0.356 e. The van der Waals surface area contributed by atoms with Crippen molar-refractivity contribution in [1.29, 1.82) is 0 Å². The number of guanidine groups is 1. The Morgan fingerprint density at radius 2 is 2.00 bits per heavy atom. The van der Waals surface area contributed by atoms with Gasteiger partial charge in [0.15, 0.2) is 5.96 Å². The van der Waals surface area contributed by atoms with Crippen LogP contribution in [-0.4, -0.2) is 60.6 Å². The first kappa shape index (κ1) is 20.9. The van der Waals surface area contributed by atoms with Gasteiger partial charge in [-0.3, -0.25) is 4.99 Å².